The van der Waals surface area contributed by atoms with Crippen molar-refractivity contribution in [3.05, 3.63) is 0 Å². The molecule has 1 saturated heterocycles. The Bertz CT molecular complexity index is 397. The number of rotatable bonds is 5. The standard InChI is InChI=1S/C10H14N4OS2/c1-7(5-11)16-10-14-13-9(17-10)12-6-8-3-2-4-15-8/h7-8H,2-4,6H2,1H3,(H,12,13). The molecular weight excluding hydrogens is 256 g/mol. The van der Waals surface area contributed by atoms with E-state index in [9.17, 15) is 0 Å². The van der Waals surface area contributed by atoms with Crippen LogP contribution in [0.4, 0.5) is 5.13 Å². The highest BCUT2D eigenvalue weighted by atomic mass is 32.2. The number of aromatic nitrogens is 2. The lowest BCUT2D eigenvalue weighted by atomic mass is 10.2. The molecule has 92 valence electrons. The second-order valence-corrected chi connectivity index (χ2v) is 6.34. The lowest BCUT2D eigenvalue weighted by molar-refractivity contribution is 0.120. The van der Waals surface area contributed by atoms with Crippen molar-refractivity contribution in [2.45, 2.75) is 35.5 Å². The maximum absolute atomic E-state index is 8.70. The van der Waals surface area contributed by atoms with Gasteiger partial charge < -0.3 is 10.1 Å². The molecule has 1 aromatic heterocycles. The van der Waals surface area contributed by atoms with Crippen LogP contribution in [0, 0.1) is 11.3 Å². The van der Waals surface area contributed by atoms with Gasteiger partial charge in [0.05, 0.1) is 17.4 Å². The Labute approximate surface area is 109 Å². The Morgan fingerprint density at radius 1 is 1.71 bits per heavy atom. The number of nitrogens with one attached hydrogen (secondary N) is 1. The van der Waals surface area contributed by atoms with E-state index in [1.807, 2.05) is 6.92 Å². The lowest BCUT2D eigenvalue weighted by Crippen LogP contribution is -2.18. The first-order valence-electron chi connectivity index (χ1n) is 5.53. The van der Waals surface area contributed by atoms with E-state index in [4.69, 9.17) is 10.00 Å². The van der Waals surface area contributed by atoms with Gasteiger partial charge in [0.1, 0.15) is 0 Å². The zero-order chi connectivity index (χ0) is 12.1. The summed E-state index contributed by atoms with van der Waals surface area (Å²) in [6, 6.07) is 2.16. The van der Waals surface area contributed by atoms with Crippen LogP contribution in [0.5, 0.6) is 0 Å². The fourth-order valence-electron chi connectivity index (χ4n) is 1.51. The van der Waals surface area contributed by atoms with E-state index in [2.05, 4.69) is 21.6 Å². The van der Waals surface area contributed by atoms with Crippen LogP contribution in [-0.4, -0.2) is 34.7 Å². The van der Waals surface area contributed by atoms with Crippen molar-refractivity contribution >= 4 is 28.2 Å². The molecule has 1 N–H and O–H groups in total. The number of hydrogen-bond donors (Lipinski definition) is 1. The molecule has 0 spiro atoms. The summed E-state index contributed by atoms with van der Waals surface area (Å²) in [6.07, 6.45) is 2.55. The van der Waals surface area contributed by atoms with Crippen molar-refractivity contribution in [1.29, 1.82) is 5.26 Å². The SMILES string of the molecule is CC(C#N)Sc1nnc(NCC2CCCO2)s1. The van der Waals surface area contributed by atoms with Gasteiger partial charge in [-0.1, -0.05) is 23.1 Å². The summed E-state index contributed by atoms with van der Waals surface area (Å²) in [6.45, 7) is 3.50. The first-order chi connectivity index (χ1) is 8.28. The fourth-order valence-corrected chi connectivity index (χ4v) is 3.30. The highest BCUT2D eigenvalue weighted by Gasteiger charge is 2.16. The van der Waals surface area contributed by atoms with Gasteiger partial charge in [-0.2, -0.15) is 5.26 Å². The van der Waals surface area contributed by atoms with Gasteiger partial charge in [0.25, 0.3) is 0 Å². The predicted molar refractivity (Wildman–Crippen MR) is 68.3 cm³/mol. The Kier molecular flexibility index (Phi) is 4.59. The maximum atomic E-state index is 8.70. The zero-order valence-corrected chi connectivity index (χ0v) is 11.2. The summed E-state index contributed by atoms with van der Waals surface area (Å²) in [4.78, 5) is 0. The van der Waals surface area contributed by atoms with E-state index in [0.717, 1.165) is 35.5 Å². The first kappa shape index (κ1) is 12.6. The molecule has 5 nitrogen and oxygen atoms in total. The highest BCUT2D eigenvalue weighted by molar-refractivity contribution is 8.01. The molecule has 1 aromatic rings. The first-order valence-corrected chi connectivity index (χ1v) is 7.23. The third-order valence-electron chi connectivity index (χ3n) is 2.37. The summed E-state index contributed by atoms with van der Waals surface area (Å²) in [7, 11) is 0. The van der Waals surface area contributed by atoms with Gasteiger partial charge in [0.2, 0.25) is 5.13 Å². The molecule has 0 aromatic carbocycles. The molecule has 2 heterocycles. The van der Waals surface area contributed by atoms with Crippen molar-refractivity contribution in [3.63, 3.8) is 0 Å². The van der Waals surface area contributed by atoms with Gasteiger partial charge in [-0.05, 0) is 19.8 Å². The minimum atomic E-state index is -0.0889. The smallest absolute Gasteiger partial charge is 0.206 e. The second kappa shape index (κ2) is 6.19. The van der Waals surface area contributed by atoms with E-state index in [-0.39, 0.29) is 5.25 Å². The minimum absolute atomic E-state index is 0.0889. The molecule has 0 amide bonds. The van der Waals surface area contributed by atoms with E-state index in [1.54, 1.807) is 0 Å². The maximum Gasteiger partial charge on any atom is 0.206 e. The van der Waals surface area contributed by atoms with Crippen LogP contribution in [0.1, 0.15) is 19.8 Å². The molecule has 2 unspecified atom stereocenters. The van der Waals surface area contributed by atoms with E-state index in [1.165, 1.54) is 23.1 Å². The number of thioether (sulfide) groups is 1. The molecule has 0 aliphatic carbocycles. The number of ether oxygens (including phenoxy) is 1. The van der Waals surface area contributed by atoms with Crippen LogP contribution in [0.3, 0.4) is 0 Å². The Morgan fingerprint density at radius 2 is 2.59 bits per heavy atom. The van der Waals surface area contributed by atoms with Gasteiger partial charge in [-0.3, -0.25) is 0 Å². The summed E-state index contributed by atoms with van der Waals surface area (Å²) in [5.74, 6) is 0. The monoisotopic (exact) mass is 270 g/mol. The predicted octanol–water partition coefficient (Wildman–Crippen LogP) is 2.13. The van der Waals surface area contributed by atoms with Gasteiger partial charge >= 0.3 is 0 Å². The summed E-state index contributed by atoms with van der Waals surface area (Å²) in [5, 5.41) is 20.7. The Balaban J connectivity index is 1.79. The van der Waals surface area contributed by atoms with Crippen LogP contribution in [0.15, 0.2) is 4.34 Å². The molecule has 0 radical (unpaired) electrons. The van der Waals surface area contributed by atoms with Crippen LogP contribution in [0.25, 0.3) is 0 Å². The normalized spacial score (nSPS) is 21.1. The van der Waals surface area contributed by atoms with Crippen LogP contribution in [-0.2, 0) is 4.74 Å². The number of nitriles is 1. The van der Waals surface area contributed by atoms with E-state index < -0.39 is 0 Å². The van der Waals surface area contributed by atoms with Crippen LogP contribution >= 0.6 is 23.1 Å². The Hall–Kier alpha value is -0.840. The van der Waals surface area contributed by atoms with Crippen LogP contribution < -0.4 is 5.32 Å². The van der Waals surface area contributed by atoms with Gasteiger partial charge in [0, 0.05) is 13.2 Å². The molecular formula is C10H14N4OS2. The molecule has 2 rings (SSSR count). The molecule has 1 fully saturated rings. The molecule has 0 bridgehead atoms. The average molecular weight is 270 g/mol. The Morgan fingerprint density at radius 3 is 3.29 bits per heavy atom. The fraction of sp³-hybridized carbons (Fsp3) is 0.700. The molecule has 1 aliphatic heterocycles. The zero-order valence-electron chi connectivity index (χ0n) is 9.55. The topological polar surface area (TPSA) is 70.8 Å². The van der Waals surface area contributed by atoms with Crippen molar-refractivity contribution in [3.8, 4) is 6.07 Å². The molecule has 17 heavy (non-hydrogen) atoms. The minimum Gasteiger partial charge on any atom is -0.376 e. The quantitative estimate of drug-likeness (QED) is 0.826. The summed E-state index contributed by atoms with van der Waals surface area (Å²) < 4.78 is 6.34. The molecule has 0 saturated carbocycles. The van der Waals surface area contributed by atoms with Crippen molar-refractivity contribution in [1.82, 2.24) is 10.2 Å². The summed E-state index contributed by atoms with van der Waals surface area (Å²) in [5.41, 5.74) is 0. The van der Waals surface area contributed by atoms with Crippen LogP contribution in [0.2, 0.25) is 0 Å². The third kappa shape index (κ3) is 3.84. The number of anilines is 1. The highest BCUT2D eigenvalue weighted by Crippen LogP contribution is 2.28. The number of nitrogens with zero attached hydrogens (tertiary/aromatic N) is 3. The number of hydrogen-bond acceptors (Lipinski definition) is 7. The van der Waals surface area contributed by atoms with Crippen molar-refractivity contribution < 1.29 is 4.74 Å². The van der Waals surface area contributed by atoms with E-state index >= 15 is 0 Å². The molecule has 2 atom stereocenters. The van der Waals surface area contributed by atoms with Crippen molar-refractivity contribution in [2.24, 2.45) is 0 Å². The van der Waals surface area contributed by atoms with Gasteiger partial charge in [-0.15, -0.1) is 10.2 Å². The lowest BCUT2D eigenvalue weighted by Gasteiger charge is -2.08. The second-order valence-electron chi connectivity index (χ2n) is 3.78. The van der Waals surface area contributed by atoms with Gasteiger partial charge in [0.15, 0.2) is 4.34 Å². The molecule has 7 heteroatoms. The molecule has 1 aliphatic rings. The van der Waals surface area contributed by atoms with Gasteiger partial charge in [-0.25, -0.2) is 0 Å². The average Bonchev–Trinajstić information content (AvgIpc) is 2.97. The largest absolute Gasteiger partial charge is 0.376 e. The summed E-state index contributed by atoms with van der Waals surface area (Å²) >= 11 is 2.92. The van der Waals surface area contributed by atoms with E-state index in [0.29, 0.717) is 6.10 Å². The van der Waals surface area contributed by atoms with Crippen molar-refractivity contribution in [2.75, 3.05) is 18.5 Å². The third-order valence-corrected chi connectivity index (χ3v) is 4.33.